The number of hydrogen-bond acceptors (Lipinski definition) is 6. The zero-order valence-electron chi connectivity index (χ0n) is 12.6. The fraction of sp³-hybridized carbons (Fsp3) is 0.312. The third kappa shape index (κ3) is 4.53. The van der Waals surface area contributed by atoms with Gasteiger partial charge < -0.3 is 14.2 Å². The zero-order valence-corrected chi connectivity index (χ0v) is 12.6. The number of nitrogens with zero attached hydrogens (tertiary/aromatic N) is 2. The predicted octanol–water partition coefficient (Wildman–Crippen LogP) is 2.46. The van der Waals surface area contributed by atoms with Crippen LogP contribution in [0.5, 0.6) is 11.5 Å². The van der Waals surface area contributed by atoms with Crippen molar-refractivity contribution in [3.05, 3.63) is 29.3 Å². The van der Waals surface area contributed by atoms with Crippen LogP contribution in [-0.4, -0.2) is 25.8 Å². The van der Waals surface area contributed by atoms with Crippen molar-refractivity contribution in [3.8, 4) is 23.6 Å². The van der Waals surface area contributed by atoms with Crippen molar-refractivity contribution in [2.75, 3.05) is 13.7 Å². The molecule has 0 radical (unpaired) electrons. The first-order valence-electron chi connectivity index (χ1n) is 6.58. The molecule has 1 unspecified atom stereocenters. The molecule has 0 aliphatic rings. The Balaban J connectivity index is 3.11. The van der Waals surface area contributed by atoms with Crippen LogP contribution in [0.1, 0.15) is 19.4 Å². The van der Waals surface area contributed by atoms with Gasteiger partial charge in [-0.2, -0.15) is 10.5 Å². The van der Waals surface area contributed by atoms with Gasteiger partial charge in [0, 0.05) is 0 Å². The largest absolute Gasteiger partial charge is 0.490 e. The van der Waals surface area contributed by atoms with E-state index in [1.54, 1.807) is 37.3 Å². The number of nitriles is 2. The molecular weight excluding hydrogens is 284 g/mol. The van der Waals surface area contributed by atoms with Gasteiger partial charge in [0.1, 0.15) is 17.7 Å². The van der Waals surface area contributed by atoms with Crippen molar-refractivity contribution < 1.29 is 19.0 Å². The van der Waals surface area contributed by atoms with Crippen LogP contribution in [0, 0.1) is 22.7 Å². The van der Waals surface area contributed by atoms with Crippen molar-refractivity contribution in [2.45, 2.75) is 20.0 Å². The highest BCUT2D eigenvalue weighted by Gasteiger charge is 2.17. The fourth-order valence-corrected chi connectivity index (χ4v) is 1.64. The number of rotatable bonds is 6. The van der Waals surface area contributed by atoms with Gasteiger partial charge in [-0.25, -0.2) is 4.79 Å². The minimum Gasteiger partial charge on any atom is -0.490 e. The molecule has 0 fully saturated rings. The van der Waals surface area contributed by atoms with Crippen molar-refractivity contribution in [3.63, 3.8) is 0 Å². The Morgan fingerprint density at radius 1 is 1.32 bits per heavy atom. The van der Waals surface area contributed by atoms with Gasteiger partial charge in [0.05, 0.1) is 13.7 Å². The minimum atomic E-state index is -0.778. The van der Waals surface area contributed by atoms with Gasteiger partial charge >= 0.3 is 5.97 Å². The lowest BCUT2D eigenvalue weighted by Gasteiger charge is -2.16. The van der Waals surface area contributed by atoms with Gasteiger partial charge in [0.15, 0.2) is 17.6 Å². The lowest BCUT2D eigenvalue weighted by molar-refractivity contribution is -0.147. The van der Waals surface area contributed by atoms with E-state index in [0.29, 0.717) is 23.7 Å². The molecule has 6 nitrogen and oxygen atoms in total. The molecule has 1 aromatic carbocycles. The van der Waals surface area contributed by atoms with Crippen LogP contribution in [0.15, 0.2) is 23.8 Å². The first-order chi connectivity index (χ1) is 10.5. The molecule has 0 N–H and O–H groups in total. The molecule has 0 aromatic heterocycles. The highest BCUT2D eigenvalue weighted by molar-refractivity contribution is 5.74. The maximum Gasteiger partial charge on any atom is 0.346 e. The van der Waals surface area contributed by atoms with Crippen LogP contribution in [0.4, 0.5) is 0 Å². The number of hydrogen-bond donors (Lipinski definition) is 0. The average molecular weight is 300 g/mol. The van der Waals surface area contributed by atoms with Gasteiger partial charge in [-0.15, -0.1) is 0 Å². The lowest BCUT2D eigenvalue weighted by atomic mass is 10.1. The third-order valence-electron chi connectivity index (χ3n) is 2.66. The zero-order chi connectivity index (χ0) is 16.5. The molecule has 0 spiro atoms. The number of benzene rings is 1. The Labute approximate surface area is 129 Å². The molecule has 1 rings (SSSR count). The SMILES string of the molecule is CCOc1cc(C=C(C#N)C#N)ccc1OC(C)C(=O)OC. The second kappa shape index (κ2) is 8.33. The number of ether oxygens (including phenoxy) is 3. The first kappa shape index (κ1) is 17.1. The van der Waals surface area contributed by atoms with E-state index in [0.717, 1.165) is 0 Å². The molecule has 0 heterocycles. The molecule has 0 saturated carbocycles. The average Bonchev–Trinajstić information content (AvgIpc) is 2.54. The summed E-state index contributed by atoms with van der Waals surface area (Å²) in [5.74, 6) is 0.303. The van der Waals surface area contributed by atoms with E-state index in [9.17, 15) is 4.79 Å². The van der Waals surface area contributed by atoms with E-state index >= 15 is 0 Å². The van der Waals surface area contributed by atoms with Gasteiger partial charge in [0.2, 0.25) is 0 Å². The van der Waals surface area contributed by atoms with Gasteiger partial charge in [-0.05, 0) is 37.6 Å². The van der Waals surface area contributed by atoms with E-state index in [1.165, 1.54) is 13.2 Å². The quantitative estimate of drug-likeness (QED) is 0.592. The van der Waals surface area contributed by atoms with E-state index in [1.807, 2.05) is 6.92 Å². The number of carbonyl (C=O) groups is 1. The molecule has 1 atom stereocenters. The number of carbonyl (C=O) groups excluding carboxylic acids is 1. The highest BCUT2D eigenvalue weighted by atomic mass is 16.6. The number of esters is 1. The first-order valence-corrected chi connectivity index (χ1v) is 6.58. The van der Waals surface area contributed by atoms with Crippen molar-refractivity contribution in [1.82, 2.24) is 0 Å². The molecule has 0 saturated heterocycles. The van der Waals surface area contributed by atoms with E-state index in [-0.39, 0.29) is 5.57 Å². The second-order valence-corrected chi connectivity index (χ2v) is 4.20. The summed E-state index contributed by atoms with van der Waals surface area (Å²) in [6.07, 6.45) is 0.662. The highest BCUT2D eigenvalue weighted by Crippen LogP contribution is 2.30. The standard InChI is InChI=1S/C16H16N2O4/c1-4-21-15-8-12(7-13(9-17)10-18)5-6-14(15)22-11(2)16(19)20-3/h5-8,11H,4H2,1-3H3. The Morgan fingerprint density at radius 3 is 2.55 bits per heavy atom. The smallest absolute Gasteiger partial charge is 0.346 e. The maximum atomic E-state index is 11.4. The Bertz CT molecular complexity index is 637. The molecule has 22 heavy (non-hydrogen) atoms. The van der Waals surface area contributed by atoms with E-state index < -0.39 is 12.1 Å². The Morgan fingerprint density at radius 2 is 2.00 bits per heavy atom. The van der Waals surface area contributed by atoms with Crippen LogP contribution < -0.4 is 9.47 Å². The molecule has 0 bridgehead atoms. The summed E-state index contributed by atoms with van der Waals surface area (Å²) >= 11 is 0. The molecular formula is C16H16N2O4. The second-order valence-electron chi connectivity index (χ2n) is 4.20. The van der Waals surface area contributed by atoms with Crippen LogP contribution in [-0.2, 0) is 9.53 Å². The van der Waals surface area contributed by atoms with Crippen molar-refractivity contribution in [2.24, 2.45) is 0 Å². The summed E-state index contributed by atoms with van der Waals surface area (Å²) in [5, 5.41) is 17.5. The number of methoxy groups -OCH3 is 1. The summed E-state index contributed by atoms with van der Waals surface area (Å²) in [6.45, 7) is 3.78. The molecule has 6 heteroatoms. The molecule has 0 aliphatic heterocycles. The molecule has 0 amide bonds. The summed E-state index contributed by atoms with van der Waals surface area (Å²) in [4.78, 5) is 11.4. The molecule has 114 valence electrons. The summed E-state index contributed by atoms with van der Waals surface area (Å²) in [6, 6.07) is 8.49. The third-order valence-corrected chi connectivity index (χ3v) is 2.66. The van der Waals surface area contributed by atoms with Crippen molar-refractivity contribution >= 4 is 12.0 Å². The Kier molecular flexibility index (Phi) is 6.46. The molecule has 0 aliphatic carbocycles. The van der Waals surface area contributed by atoms with Crippen LogP contribution in [0.2, 0.25) is 0 Å². The summed E-state index contributed by atoms with van der Waals surface area (Å²) in [5.41, 5.74) is 0.610. The van der Waals surface area contributed by atoms with Gasteiger partial charge in [0.25, 0.3) is 0 Å². The van der Waals surface area contributed by atoms with Crippen LogP contribution in [0.3, 0.4) is 0 Å². The lowest BCUT2D eigenvalue weighted by Crippen LogP contribution is -2.25. The van der Waals surface area contributed by atoms with E-state index in [2.05, 4.69) is 4.74 Å². The minimum absolute atomic E-state index is 0.0148. The summed E-state index contributed by atoms with van der Waals surface area (Å²) in [7, 11) is 1.28. The van der Waals surface area contributed by atoms with Crippen LogP contribution >= 0.6 is 0 Å². The normalized spacial score (nSPS) is 10.6. The van der Waals surface area contributed by atoms with E-state index in [4.69, 9.17) is 20.0 Å². The van der Waals surface area contributed by atoms with Gasteiger partial charge in [-0.1, -0.05) is 6.07 Å². The predicted molar refractivity (Wildman–Crippen MR) is 78.9 cm³/mol. The summed E-state index contributed by atoms with van der Waals surface area (Å²) < 4.78 is 15.6. The van der Waals surface area contributed by atoms with Crippen molar-refractivity contribution in [1.29, 1.82) is 10.5 Å². The monoisotopic (exact) mass is 300 g/mol. The fourth-order valence-electron chi connectivity index (χ4n) is 1.64. The molecule has 1 aromatic rings. The topological polar surface area (TPSA) is 92.3 Å². The van der Waals surface area contributed by atoms with Gasteiger partial charge in [-0.3, -0.25) is 0 Å². The van der Waals surface area contributed by atoms with Crippen LogP contribution in [0.25, 0.3) is 6.08 Å². The number of allylic oxidation sites excluding steroid dienone is 1. The maximum absolute atomic E-state index is 11.4. The Hall–Kier alpha value is -2.99.